The van der Waals surface area contributed by atoms with Crippen LogP contribution in [0.5, 0.6) is 0 Å². The Bertz CT molecular complexity index is 317. The first kappa shape index (κ1) is 15.0. The summed E-state index contributed by atoms with van der Waals surface area (Å²) >= 11 is 0. The average Bonchev–Trinajstić information content (AvgIpc) is 2.61. The Morgan fingerprint density at radius 2 is 1.83 bits per heavy atom. The molecule has 1 rings (SSSR count). The first-order valence-electron chi connectivity index (χ1n) is 6.74. The molecule has 2 unspecified atom stereocenters. The lowest BCUT2D eigenvalue weighted by Gasteiger charge is -2.25. The maximum Gasteiger partial charge on any atom is 0.407 e. The van der Waals surface area contributed by atoms with Crippen molar-refractivity contribution in [2.24, 2.45) is 11.8 Å². The molecule has 0 spiro atoms. The third-order valence-corrected chi connectivity index (χ3v) is 3.15. The van der Waals surface area contributed by atoms with Crippen molar-refractivity contribution in [2.45, 2.75) is 65.5 Å². The number of amides is 1. The van der Waals surface area contributed by atoms with E-state index in [0.717, 1.165) is 19.3 Å². The number of nitrogens with one attached hydrogen (secondary N) is 1. The van der Waals surface area contributed by atoms with Crippen LogP contribution in [-0.4, -0.2) is 23.5 Å². The maximum absolute atomic E-state index is 12.0. The maximum atomic E-state index is 12.0. The minimum absolute atomic E-state index is 0.0241. The molecule has 0 bridgehead atoms. The highest BCUT2D eigenvalue weighted by Gasteiger charge is 2.35. The van der Waals surface area contributed by atoms with Crippen LogP contribution < -0.4 is 5.32 Å². The topological polar surface area (TPSA) is 55.4 Å². The molecule has 0 radical (unpaired) electrons. The monoisotopic (exact) mass is 255 g/mol. The van der Waals surface area contributed by atoms with Gasteiger partial charge in [-0.1, -0.05) is 20.3 Å². The van der Waals surface area contributed by atoms with Crippen LogP contribution >= 0.6 is 0 Å². The summed E-state index contributed by atoms with van der Waals surface area (Å²) in [4.78, 5) is 23.7. The first-order chi connectivity index (χ1) is 8.20. The second-order valence-electron chi connectivity index (χ2n) is 6.35. The van der Waals surface area contributed by atoms with Crippen LogP contribution in [0.1, 0.15) is 53.9 Å². The van der Waals surface area contributed by atoms with Gasteiger partial charge in [-0.3, -0.25) is 4.79 Å². The van der Waals surface area contributed by atoms with Gasteiger partial charge in [0.1, 0.15) is 11.4 Å². The van der Waals surface area contributed by atoms with Gasteiger partial charge in [-0.15, -0.1) is 0 Å². The van der Waals surface area contributed by atoms with Gasteiger partial charge in [0.25, 0.3) is 0 Å². The van der Waals surface area contributed by atoms with Gasteiger partial charge >= 0.3 is 6.09 Å². The number of ketones is 1. The number of carbonyl (C=O) groups excluding carboxylic acids is 2. The van der Waals surface area contributed by atoms with E-state index < -0.39 is 11.7 Å². The van der Waals surface area contributed by atoms with E-state index in [2.05, 4.69) is 5.32 Å². The lowest BCUT2D eigenvalue weighted by Crippen LogP contribution is -2.43. The first-order valence-corrected chi connectivity index (χ1v) is 6.74. The van der Waals surface area contributed by atoms with Gasteiger partial charge in [0, 0.05) is 17.9 Å². The lowest BCUT2D eigenvalue weighted by molar-refractivity contribution is -0.126. The van der Waals surface area contributed by atoms with Gasteiger partial charge in [0.2, 0.25) is 0 Å². The molecule has 4 heteroatoms. The van der Waals surface area contributed by atoms with Gasteiger partial charge in [-0.2, -0.15) is 0 Å². The number of hydrogen-bond donors (Lipinski definition) is 1. The molecular weight excluding hydrogens is 230 g/mol. The molecule has 104 valence electrons. The molecular formula is C14H25NO3. The van der Waals surface area contributed by atoms with Gasteiger partial charge in [0.15, 0.2) is 0 Å². The van der Waals surface area contributed by atoms with E-state index >= 15 is 0 Å². The van der Waals surface area contributed by atoms with E-state index in [9.17, 15) is 9.59 Å². The Morgan fingerprint density at radius 1 is 1.22 bits per heavy atom. The molecule has 1 aliphatic rings. The summed E-state index contributed by atoms with van der Waals surface area (Å²) in [7, 11) is 0. The minimum atomic E-state index is -0.500. The highest BCUT2D eigenvalue weighted by Crippen LogP contribution is 2.28. The summed E-state index contributed by atoms with van der Waals surface area (Å²) < 4.78 is 5.23. The van der Waals surface area contributed by atoms with Gasteiger partial charge < -0.3 is 10.1 Å². The van der Waals surface area contributed by atoms with Crippen LogP contribution in [0.4, 0.5) is 4.79 Å². The SMILES string of the molecule is CC(C)C(=O)C1CCCC1NC(=O)OC(C)(C)C. The average molecular weight is 255 g/mol. The predicted octanol–water partition coefficient (Wildman–Crippen LogP) is 2.90. The van der Waals surface area contributed by atoms with Crippen LogP contribution in [0.2, 0.25) is 0 Å². The standard InChI is InChI=1S/C14H25NO3/c1-9(2)12(16)10-7-6-8-11(10)15-13(17)18-14(3,4)5/h9-11H,6-8H2,1-5H3,(H,15,17). The summed E-state index contributed by atoms with van der Waals surface area (Å²) in [6.07, 6.45) is 2.31. The summed E-state index contributed by atoms with van der Waals surface area (Å²) in [5.74, 6) is 0.224. The molecule has 0 saturated heterocycles. The molecule has 2 atom stereocenters. The van der Waals surface area contributed by atoms with E-state index in [-0.39, 0.29) is 23.7 Å². The molecule has 1 saturated carbocycles. The van der Waals surface area contributed by atoms with Gasteiger partial charge in [0.05, 0.1) is 0 Å². The minimum Gasteiger partial charge on any atom is -0.444 e. The third kappa shape index (κ3) is 4.31. The number of ether oxygens (including phenoxy) is 1. The van der Waals surface area contributed by atoms with Crippen LogP contribution in [0.25, 0.3) is 0 Å². The van der Waals surface area contributed by atoms with E-state index in [4.69, 9.17) is 4.74 Å². The quantitative estimate of drug-likeness (QED) is 0.843. The molecule has 0 aromatic heterocycles. The zero-order valence-electron chi connectivity index (χ0n) is 12.1. The fourth-order valence-corrected chi connectivity index (χ4v) is 2.36. The molecule has 18 heavy (non-hydrogen) atoms. The van der Waals surface area contributed by atoms with E-state index in [0.29, 0.717) is 0 Å². The van der Waals surface area contributed by atoms with Crippen LogP contribution in [0.3, 0.4) is 0 Å². The Hall–Kier alpha value is -1.06. The molecule has 0 aromatic carbocycles. The van der Waals surface area contributed by atoms with Crippen molar-refractivity contribution in [3.05, 3.63) is 0 Å². The molecule has 1 fully saturated rings. The zero-order valence-corrected chi connectivity index (χ0v) is 12.1. The van der Waals surface area contributed by atoms with Crippen molar-refractivity contribution >= 4 is 11.9 Å². The molecule has 0 heterocycles. The Labute approximate surface area is 109 Å². The molecule has 0 aromatic rings. The molecule has 0 aliphatic heterocycles. The van der Waals surface area contributed by atoms with E-state index in [1.807, 2.05) is 34.6 Å². The van der Waals surface area contributed by atoms with E-state index in [1.54, 1.807) is 0 Å². The molecule has 4 nitrogen and oxygen atoms in total. The van der Waals surface area contributed by atoms with Crippen molar-refractivity contribution in [3.8, 4) is 0 Å². The normalized spacial score (nSPS) is 24.1. The van der Waals surface area contributed by atoms with Crippen molar-refractivity contribution in [1.82, 2.24) is 5.32 Å². The highest BCUT2D eigenvalue weighted by molar-refractivity contribution is 5.84. The smallest absolute Gasteiger partial charge is 0.407 e. The Balaban J connectivity index is 2.55. The second-order valence-corrected chi connectivity index (χ2v) is 6.35. The second kappa shape index (κ2) is 5.72. The number of carbonyl (C=O) groups is 2. The number of rotatable bonds is 3. The fraction of sp³-hybridized carbons (Fsp3) is 0.857. The Morgan fingerprint density at radius 3 is 2.33 bits per heavy atom. The number of hydrogen-bond acceptors (Lipinski definition) is 3. The van der Waals surface area contributed by atoms with Crippen LogP contribution in [-0.2, 0) is 9.53 Å². The van der Waals surface area contributed by atoms with Gasteiger partial charge in [-0.05, 0) is 33.6 Å². The lowest BCUT2D eigenvalue weighted by atomic mass is 9.91. The fourth-order valence-electron chi connectivity index (χ4n) is 2.36. The van der Waals surface area contributed by atoms with Gasteiger partial charge in [-0.25, -0.2) is 4.79 Å². The third-order valence-electron chi connectivity index (χ3n) is 3.15. The molecule has 1 N–H and O–H groups in total. The molecule has 1 aliphatic carbocycles. The summed E-state index contributed by atoms with van der Waals surface area (Å²) in [6, 6.07) is -0.0604. The Kier molecular flexibility index (Phi) is 4.77. The molecule has 1 amide bonds. The van der Waals surface area contributed by atoms with E-state index in [1.165, 1.54) is 0 Å². The van der Waals surface area contributed by atoms with Crippen molar-refractivity contribution < 1.29 is 14.3 Å². The highest BCUT2D eigenvalue weighted by atomic mass is 16.6. The number of Topliss-reactive ketones (excluding diaryl/α,β-unsaturated/α-hetero) is 1. The van der Waals surface area contributed by atoms with Crippen LogP contribution in [0, 0.1) is 11.8 Å². The summed E-state index contributed by atoms with van der Waals surface area (Å²) in [5, 5.41) is 2.84. The largest absolute Gasteiger partial charge is 0.444 e. The van der Waals surface area contributed by atoms with Crippen molar-refractivity contribution in [1.29, 1.82) is 0 Å². The predicted molar refractivity (Wildman–Crippen MR) is 70.3 cm³/mol. The summed E-state index contributed by atoms with van der Waals surface area (Å²) in [5.41, 5.74) is -0.500. The van der Waals surface area contributed by atoms with Crippen molar-refractivity contribution in [3.63, 3.8) is 0 Å². The number of alkyl carbamates (subject to hydrolysis) is 1. The summed E-state index contributed by atoms with van der Waals surface area (Å²) in [6.45, 7) is 9.31. The zero-order chi connectivity index (χ0) is 13.9. The van der Waals surface area contributed by atoms with Crippen molar-refractivity contribution in [2.75, 3.05) is 0 Å². The van der Waals surface area contributed by atoms with Crippen LogP contribution in [0.15, 0.2) is 0 Å².